The number of nitrogens with zero attached hydrogens (tertiary/aromatic N) is 2. The van der Waals surface area contributed by atoms with E-state index >= 15 is 0 Å². The number of carbonyl (C=O) groups is 2. The molecule has 0 unspecified atom stereocenters. The molecule has 0 bridgehead atoms. The number of carboxylic acid groups (broad SMARTS) is 1. The van der Waals surface area contributed by atoms with Gasteiger partial charge < -0.3 is 10.0 Å². The molecule has 1 aliphatic carbocycles. The average Bonchev–Trinajstić information content (AvgIpc) is 3.26. The lowest BCUT2D eigenvalue weighted by Crippen LogP contribution is -2.36. The number of halogens is 3. The summed E-state index contributed by atoms with van der Waals surface area (Å²) in [6.45, 7) is -0.203. The van der Waals surface area contributed by atoms with Crippen molar-refractivity contribution in [1.82, 2.24) is 9.88 Å². The SMILES string of the molecule is O=C(O)c1ccnc(C(=O)N(CCC(F)(F)F)CC2CC2)c1. The van der Waals surface area contributed by atoms with Crippen molar-refractivity contribution in [2.45, 2.75) is 25.4 Å². The summed E-state index contributed by atoms with van der Waals surface area (Å²) in [5.41, 5.74) is -0.275. The Labute approximate surface area is 124 Å². The fourth-order valence-corrected chi connectivity index (χ4v) is 1.99. The van der Waals surface area contributed by atoms with E-state index in [1.165, 1.54) is 6.07 Å². The fourth-order valence-electron chi connectivity index (χ4n) is 1.99. The number of aromatic nitrogens is 1. The Morgan fingerprint density at radius 1 is 1.36 bits per heavy atom. The van der Waals surface area contributed by atoms with Crippen LogP contribution in [0.2, 0.25) is 0 Å². The Balaban J connectivity index is 2.13. The molecule has 5 nitrogen and oxygen atoms in total. The molecule has 1 aromatic rings. The number of aromatic carboxylic acids is 1. The van der Waals surface area contributed by atoms with E-state index in [4.69, 9.17) is 5.11 Å². The number of amides is 1. The minimum absolute atomic E-state index is 0.124. The molecule has 0 aliphatic heterocycles. The van der Waals surface area contributed by atoms with E-state index in [1.54, 1.807) is 0 Å². The zero-order valence-corrected chi connectivity index (χ0v) is 11.6. The van der Waals surface area contributed by atoms with Crippen LogP contribution in [0.4, 0.5) is 13.2 Å². The largest absolute Gasteiger partial charge is 0.478 e. The molecule has 0 radical (unpaired) electrons. The van der Waals surface area contributed by atoms with E-state index < -0.39 is 31.0 Å². The highest BCUT2D eigenvalue weighted by molar-refractivity contribution is 5.95. The smallest absolute Gasteiger partial charge is 0.390 e. The Morgan fingerprint density at radius 3 is 2.59 bits per heavy atom. The lowest BCUT2D eigenvalue weighted by atomic mass is 10.2. The number of hydrogen-bond donors (Lipinski definition) is 1. The van der Waals surface area contributed by atoms with E-state index in [2.05, 4.69) is 4.98 Å². The maximum atomic E-state index is 12.4. The van der Waals surface area contributed by atoms with Crippen LogP contribution in [0.3, 0.4) is 0 Å². The van der Waals surface area contributed by atoms with Gasteiger partial charge in [0.25, 0.3) is 5.91 Å². The van der Waals surface area contributed by atoms with Crippen LogP contribution in [0.15, 0.2) is 18.3 Å². The number of hydrogen-bond acceptors (Lipinski definition) is 3. The summed E-state index contributed by atoms with van der Waals surface area (Å²) >= 11 is 0. The summed E-state index contributed by atoms with van der Waals surface area (Å²) in [5.74, 6) is -1.67. The number of carboxylic acids is 1. The topological polar surface area (TPSA) is 70.5 Å². The van der Waals surface area contributed by atoms with Crippen molar-refractivity contribution >= 4 is 11.9 Å². The van der Waals surface area contributed by atoms with Crippen LogP contribution in [0.5, 0.6) is 0 Å². The summed E-state index contributed by atoms with van der Waals surface area (Å²) in [6, 6.07) is 2.30. The van der Waals surface area contributed by atoms with Crippen LogP contribution in [0, 0.1) is 5.92 Å². The van der Waals surface area contributed by atoms with Crippen molar-refractivity contribution in [3.05, 3.63) is 29.6 Å². The van der Waals surface area contributed by atoms with Gasteiger partial charge in [-0.3, -0.25) is 9.78 Å². The van der Waals surface area contributed by atoms with E-state index in [-0.39, 0.29) is 23.7 Å². The number of rotatable bonds is 6. The molecule has 0 aromatic carbocycles. The first-order chi connectivity index (χ1) is 10.3. The Morgan fingerprint density at radius 2 is 2.05 bits per heavy atom. The first-order valence-corrected chi connectivity index (χ1v) is 6.81. The lowest BCUT2D eigenvalue weighted by Gasteiger charge is -2.23. The van der Waals surface area contributed by atoms with E-state index in [0.29, 0.717) is 0 Å². The van der Waals surface area contributed by atoms with Gasteiger partial charge in [-0.1, -0.05) is 0 Å². The Kier molecular flexibility index (Phi) is 4.68. The molecular weight excluding hydrogens is 301 g/mol. The molecule has 1 amide bonds. The van der Waals surface area contributed by atoms with Gasteiger partial charge in [0.1, 0.15) is 5.69 Å². The summed E-state index contributed by atoms with van der Waals surface area (Å²) in [4.78, 5) is 28.1. The average molecular weight is 316 g/mol. The summed E-state index contributed by atoms with van der Waals surface area (Å²) in [7, 11) is 0. The molecule has 0 atom stereocenters. The Hall–Kier alpha value is -2.12. The van der Waals surface area contributed by atoms with Crippen molar-refractivity contribution in [2.24, 2.45) is 5.92 Å². The van der Waals surface area contributed by atoms with Crippen LogP contribution in [0.1, 0.15) is 40.1 Å². The monoisotopic (exact) mass is 316 g/mol. The maximum absolute atomic E-state index is 12.4. The van der Waals surface area contributed by atoms with Gasteiger partial charge in [-0.2, -0.15) is 13.2 Å². The zero-order chi connectivity index (χ0) is 16.3. The van der Waals surface area contributed by atoms with Crippen molar-refractivity contribution < 1.29 is 27.9 Å². The third kappa shape index (κ3) is 4.71. The third-order valence-electron chi connectivity index (χ3n) is 3.35. The van der Waals surface area contributed by atoms with Crippen LogP contribution < -0.4 is 0 Å². The molecule has 1 saturated carbocycles. The second-order valence-electron chi connectivity index (χ2n) is 5.29. The Bertz CT molecular complexity index is 571. The van der Waals surface area contributed by atoms with Crippen LogP contribution >= 0.6 is 0 Å². The highest BCUT2D eigenvalue weighted by Gasteiger charge is 2.32. The quantitative estimate of drug-likeness (QED) is 0.875. The highest BCUT2D eigenvalue weighted by atomic mass is 19.4. The van der Waals surface area contributed by atoms with Gasteiger partial charge in [0.15, 0.2) is 0 Å². The molecular formula is C14H15F3N2O3. The standard InChI is InChI=1S/C14H15F3N2O3/c15-14(16,17)4-6-19(8-9-1-2-9)12(20)11-7-10(13(21)22)3-5-18-11/h3,5,7,9H,1-2,4,6,8H2,(H,21,22). The molecule has 0 spiro atoms. The fraction of sp³-hybridized carbons (Fsp3) is 0.500. The van der Waals surface area contributed by atoms with Crippen LogP contribution in [0.25, 0.3) is 0 Å². The molecule has 1 fully saturated rings. The van der Waals surface area contributed by atoms with Crippen molar-refractivity contribution in [3.63, 3.8) is 0 Å². The van der Waals surface area contributed by atoms with Gasteiger partial charge in [0.2, 0.25) is 0 Å². The second kappa shape index (κ2) is 6.33. The van der Waals surface area contributed by atoms with Gasteiger partial charge in [0.05, 0.1) is 12.0 Å². The minimum Gasteiger partial charge on any atom is -0.478 e. The summed E-state index contributed by atoms with van der Waals surface area (Å²) in [6.07, 6.45) is -2.50. The summed E-state index contributed by atoms with van der Waals surface area (Å²) < 4.78 is 37.1. The molecule has 1 N–H and O–H groups in total. The second-order valence-corrected chi connectivity index (χ2v) is 5.29. The highest BCUT2D eigenvalue weighted by Crippen LogP contribution is 2.31. The zero-order valence-electron chi connectivity index (χ0n) is 11.6. The third-order valence-corrected chi connectivity index (χ3v) is 3.35. The summed E-state index contributed by atoms with van der Waals surface area (Å²) in [5, 5.41) is 8.89. The molecule has 0 saturated heterocycles. The normalized spacial score (nSPS) is 14.7. The van der Waals surface area contributed by atoms with Crippen molar-refractivity contribution in [1.29, 1.82) is 0 Å². The van der Waals surface area contributed by atoms with E-state index in [1.807, 2.05) is 0 Å². The molecule has 22 heavy (non-hydrogen) atoms. The minimum atomic E-state index is -4.35. The van der Waals surface area contributed by atoms with E-state index in [9.17, 15) is 22.8 Å². The van der Waals surface area contributed by atoms with Gasteiger partial charge in [-0.25, -0.2) is 4.79 Å². The number of pyridine rings is 1. The van der Waals surface area contributed by atoms with Gasteiger partial charge in [-0.05, 0) is 30.9 Å². The first kappa shape index (κ1) is 16.3. The van der Waals surface area contributed by atoms with Crippen molar-refractivity contribution in [2.75, 3.05) is 13.1 Å². The molecule has 8 heteroatoms. The van der Waals surface area contributed by atoms with Gasteiger partial charge >= 0.3 is 12.1 Å². The molecule has 1 aromatic heterocycles. The number of alkyl halides is 3. The molecule has 120 valence electrons. The molecule has 2 rings (SSSR count). The predicted molar refractivity (Wildman–Crippen MR) is 70.5 cm³/mol. The predicted octanol–water partition coefficient (Wildman–Crippen LogP) is 2.58. The van der Waals surface area contributed by atoms with Gasteiger partial charge in [-0.15, -0.1) is 0 Å². The van der Waals surface area contributed by atoms with E-state index in [0.717, 1.165) is 30.0 Å². The molecule has 1 aliphatic rings. The first-order valence-electron chi connectivity index (χ1n) is 6.81. The van der Waals surface area contributed by atoms with Gasteiger partial charge in [0, 0.05) is 19.3 Å². The van der Waals surface area contributed by atoms with Crippen LogP contribution in [-0.2, 0) is 0 Å². The lowest BCUT2D eigenvalue weighted by molar-refractivity contribution is -0.136. The van der Waals surface area contributed by atoms with Crippen molar-refractivity contribution in [3.8, 4) is 0 Å². The number of carbonyl (C=O) groups excluding carboxylic acids is 1. The molecule has 1 heterocycles. The maximum Gasteiger partial charge on any atom is 0.390 e. The van der Waals surface area contributed by atoms with Crippen LogP contribution in [-0.4, -0.2) is 46.1 Å².